The fourth-order valence-electron chi connectivity index (χ4n) is 2.03. The van der Waals surface area contributed by atoms with E-state index in [-0.39, 0.29) is 5.56 Å². The van der Waals surface area contributed by atoms with E-state index in [0.29, 0.717) is 12.5 Å². The lowest BCUT2D eigenvalue weighted by Gasteiger charge is -2.24. The molecule has 0 radical (unpaired) electrons. The van der Waals surface area contributed by atoms with Crippen molar-refractivity contribution in [3.63, 3.8) is 0 Å². The van der Waals surface area contributed by atoms with Gasteiger partial charge >= 0.3 is 0 Å². The zero-order valence-corrected chi connectivity index (χ0v) is 11.0. The third-order valence-corrected chi connectivity index (χ3v) is 4.12. The molecule has 1 aliphatic rings. The van der Waals surface area contributed by atoms with Crippen LogP contribution in [0.3, 0.4) is 0 Å². The van der Waals surface area contributed by atoms with Crippen LogP contribution in [0.5, 0.6) is 0 Å². The van der Waals surface area contributed by atoms with Crippen molar-refractivity contribution in [2.45, 2.75) is 38.6 Å². The van der Waals surface area contributed by atoms with Crippen LogP contribution in [0.4, 0.5) is 0 Å². The number of aryl methyl sites for hydroxylation is 1. The Balaban J connectivity index is 1.82. The van der Waals surface area contributed by atoms with E-state index in [1.807, 2.05) is 6.92 Å². The smallest absolute Gasteiger partial charge is 0.253 e. The quantitative estimate of drug-likeness (QED) is 0.845. The second-order valence-electron chi connectivity index (χ2n) is 4.62. The number of nitrogens with zero attached hydrogens (tertiary/aromatic N) is 4. The topological polar surface area (TPSA) is 60.7 Å². The predicted octanol–water partition coefficient (Wildman–Crippen LogP) is 1.72. The normalized spacial score (nSPS) is 15.6. The first kappa shape index (κ1) is 11.5. The molecule has 0 spiro atoms. The van der Waals surface area contributed by atoms with E-state index in [1.54, 1.807) is 17.0 Å². The molecule has 94 valence electrons. The van der Waals surface area contributed by atoms with Crippen LogP contribution < -0.4 is 5.56 Å². The first-order valence-electron chi connectivity index (χ1n) is 6.08. The van der Waals surface area contributed by atoms with Gasteiger partial charge in [-0.25, -0.2) is 4.98 Å². The maximum atomic E-state index is 12.0. The third kappa shape index (κ3) is 2.20. The van der Waals surface area contributed by atoms with Gasteiger partial charge in [0.05, 0.1) is 18.6 Å². The molecule has 2 aromatic heterocycles. The van der Waals surface area contributed by atoms with Crippen molar-refractivity contribution in [2.75, 3.05) is 0 Å². The van der Waals surface area contributed by atoms with E-state index < -0.39 is 0 Å². The molecule has 6 heteroatoms. The summed E-state index contributed by atoms with van der Waals surface area (Å²) in [7, 11) is 0. The van der Waals surface area contributed by atoms with Gasteiger partial charge in [0, 0.05) is 12.0 Å². The summed E-state index contributed by atoms with van der Waals surface area (Å²) in [5.41, 5.74) is 0.940. The van der Waals surface area contributed by atoms with Gasteiger partial charge in [0.15, 0.2) is 0 Å². The first-order chi connectivity index (χ1) is 8.72. The standard InChI is InChI=1S/C12H14N4OS/c1-8-14-15-11(18-8)6-16-7-13-10(5-12(16)17)9-3-2-4-9/h5,7,9H,2-4,6H2,1H3. The molecule has 0 bridgehead atoms. The summed E-state index contributed by atoms with van der Waals surface area (Å²) in [6, 6.07) is 1.66. The van der Waals surface area contributed by atoms with Crippen molar-refractivity contribution in [3.05, 3.63) is 38.5 Å². The van der Waals surface area contributed by atoms with Crippen molar-refractivity contribution >= 4 is 11.3 Å². The molecule has 3 rings (SSSR count). The summed E-state index contributed by atoms with van der Waals surface area (Å²) in [6.45, 7) is 2.37. The lowest BCUT2D eigenvalue weighted by atomic mass is 9.83. The molecule has 1 aliphatic carbocycles. The van der Waals surface area contributed by atoms with Gasteiger partial charge in [-0.15, -0.1) is 10.2 Å². The molecule has 0 N–H and O–H groups in total. The van der Waals surface area contributed by atoms with Gasteiger partial charge in [-0.2, -0.15) is 0 Å². The highest BCUT2D eigenvalue weighted by molar-refractivity contribution is 7.11. The molecule has 0 unspecified atom stereocenters. The van der Waals surface area contributed by atoms with Crippen molar-refractivity contribution < 1.29 is 0 Å². The van der Waals surface area contributed by atoms with Crippen molar-refractivity contribution in [2.24, 2.45) is 0 Å². The lowest BCUT2D eigenvalue weighted by molar-refractivity contribution is 0.409. The molecule has 0 amide bonds. The second-order valence-corrected chi connectivity index (χ2v) is 5.89. The van der Waals surface area contributed by atoms with E-state index >= 15 is 0 Å². The van der Waals surface area contributed by atoms with Gasteiger partial charge in [-0.05, 0) is 19.8 Å². The Kier molecular flexibility index (Phi) is 2.95. The number of hydrogen-bond acceptors (Lipinski definition) is 5. The van der Waals surface area contributed by atoms with Crippen LogP contribution in [0.15, 0.2) is 17.2 Å². The molecule has 0 saturated heterocycles. The average molecular weight is 262 g/mol. The molecular weight excluding hydrogens is 248 g/mol. The number of hydrogen-bond donors (Lipinski definition) is 0. The number of aromatic nitrogens is 4. The highest BCUT2D eigenvalue weighted by Crippen LogP contribution is 2.34. The summed E-state index contributed by atoms with van der Waals surface area (Å²) in [4.78, 5) is 16.4. The molecule has 0 aromatic carbocycles. The van der Waals surface area contributed by atoms with Crippen molar-refractivity contribution in [3.8, 4) is 0 Å². The molecule has 5 nitrogen and oxygen atoms in total. The van der Waals surface area contributed by atoms with Gasteiger partial charge in [0.25, 0.3) is 5.56 Å². The van der Waals surface area contributed by atoms with Crippen LogP contribution in [0.1, 0.15) is 40.9 Å². The van der Waals surface area contributed by atoms with Crippen LogP contribution in [0.25, 0.3) is 0 Å². The fraction of sp³-hybridized carbons (Fsp3) is 0.500. The molecule has 1 fully saturated rings. The van der Waals surface area contributed by atoms with Gasteiger partial charge < -0.3 is 0 Å². The Morgan fingerprint density at radius 3 is 2.83 bits per heavy atom. The summed E-state index contributed by atoms with van der Waals surface area (Å²) in [6.07, 6.45) is 5.20. The monoisotopic (exact) mass is 262 g/mol. The van der Waals surface area contributed by atoms with E-state index in [0.717, 1.165) is 28.6 Å². The third-order valence-electron chi connectivity index (χ3n) is 3.30. The fourth-order valence-corrected chi connectivity index (χ4v) is 2.74. The van der Waals surface area contributed by atoms with Gasteiger partial charge in [0.1, 0.15) is 10.0 Å². The molecule has 18 heavy (non-hydrogen) atoms. The predicted molar refractivity (Wildman–Crippen MR) is 68.8 cm³/mol. The molecule has 0 atom stereocenters. The molecule has 0 aliphatic heterocycles. The van der Waals surface area contributed by atoms with Crippen molar-refractivity contribution in [1.29, 1.82) is 0 Å². The van der Waals surface area contributed by atoms with Gasteiger partial charge in [-0.1, -0.05) is 17.8 Å². The molecule has 1 saturated carbocycles. The van der Waals surface area contributed by atoms with Crippen LogP contribution >= 0.6 is 11.3 Å². The molecule has 2 aromatic rings. The van der Waals surface area contributed by atoms with E-state index in [1.165, 1.54) is 17.8 Å². The molecule has 2 heterocycles. The first-order valence-corrected chi connectivity index (χ1v) is 6.89. The Hall–Kier alpha value is -1.56. The van der Waals surface area contributed by atoms with Crippen LogP contribution in [-0.2, 0) is 6.54 Å². The largest absolute Gasteiger partial charge is 0.292 e. The summed E-state index contributed by atoms with van der Waals surface area (Å²) >= 11 is 1.51. The minimum atomic E-state index is -0.000229. The van der Waals surface area contributed by atoms with Crippen molar-refractivity contribution in [1.82, 2.24) is 19.7 Å². The van der Waals surface area contributed by atoms with E-state index in [2.05, 4.69) is 15.2 Å². The second kappa shape index (κ2) is 4.61. The highest BCUT2D eigenvalue weighted by Gasteiger charge is 2.21. The average Bonchev–Trinajstić information content (AvgIpc) is 2.66. The Morgan fingerprint density at radius 2 is 2.28 bits per heavy atom. The molecular formula is C12H14N4OS. The van der Waals surface area contributed by atoms with Crippen LogP contribution in [-0.4, -0.2) is 19.7 Å². The maximum Gasteiger partial charge on any atom is 0.253 e. The highest BCUT2D eigenvalue weighted by atomic mass is 32.1. The maximum absolute atomic E-state index is 12.0. The Morgan fingerprint density at radius 1 is 1.44 bits per heavy atom. The number of rotatable bonds is 3. The Bertz CT molecular complexity index is 615. The summed E-state index contributed by atoms with van der Waals surface area (Å²) in [5.74, 6) is 0.496. The van der Waals surface area contributed by atoms with Crippen LogP contribution in [0.2, 0.25) is 0 Å². The summed E-state index contributed by atoms with van der Waals surface area (Å²) in [5, 5.41) is 9.72. The van der Waals surface area contributed by atoms with Gasteiger partial charge in [0.2, 0.25) is 0 Å². The van der Waals surface area contributed by atoms with E-state index in [9.17, 15) is 4.79 Å². The zero-order valence-electron chi connectivity index (χ0n) is 10.2. The minimum Gasteiger partial charge on any atom is -0.292 e. The van der Waals surface area contributed by atoms with E-state index in [4.69, 9.17) is 0 Å². The zero-order chi connectivity index (χ0) is 12.5. The summed E-state index contributed by atoms with van der Waals surface area (Å²) < 4.78 is 1.59. The SMILES string of the molecule is Cc1nnc(Cn2cnc(C3CCC3)cc2=O)s1. The van der Waals surface area contributed by atoms with Crippen LogP contribution in [0, 0.1) is 6.92 Å². The van der Waals surface area contributed by atoms with Gasteiger partial charge in [-0.3, -0.25) is 9.36 Å². The lowest BCUT2D eigenvalue weighted by Crippen LogP contribution is -2.23. The Labute approximate surface area is 109 Å². The minimum absolute atomic E-state index is 0.000229.